The molecular weight excluding hydrogens is 745 g/mol. The van der Waals surface area contributed by atoms with Gasteiger partial charge in [0.15, 0.2) is 31.5 Å². The van der Waals surface area contributed by atoms with Crippen LogP contribution >= 0.6 is 0 Å². The lowest BCUT2D eigenvalue weighted by Crippen LogP contribution is -2.50. The van der Waals surface area contributed by atoms with Crippen LogP contribution in [0.4, 0.5) is 5.82 Å². The van der Waals surface area contributed by atoms with E-state index >= 15 is 0 Å². The molecule has 3 N–H and O–H groups in total. The van der Waals surface area contributed by atoms with E-state index in [2.05, 4.69) is 134 Å². The summed E-state index contributed by atoms with van der Waals surface area (Å²) in [6, 6.07) is 36.3. The highest BCUT2D eigenvalue weighted by Crippen LogP contribution is 2.46. The van der Waals surface area contributed by atoms with Crippen LogP contribution in [0.2, 0.25) is 18.1 Å². The highest BCUT2D eigenvalue weighted by atomic mass is 28.4. The third-order valence-electron chi connectivity index (χ3n) is 11.8. The summed E-state index contributed by atoms with van der Waals surface area (Å²) in [5.74, 6) is -1.59. The van der Waals surface area contributed by atoms with Gasteiger partial charge in [-0.15, -0.1) is 0 Å². The molecule has 1 fully saturated rings. The number of nitrogens with one attached hydrogen (secondary N) is 2. The number of anilines is 1. The first-order chi connectivity index (χ1) is 27.7. The molecule has 7 rings (SSSR count). The number of aryl methyl sites for hydroxylation is 2. The van der Waals surface area contributed by atoms with Crippen molar-refractivity contribution in [3.63, 3.8) is 0 Å². The van der Waals surface area contributed by atoms with Gasteiger partial charge in [0.25, 0.3) is 5.91 Å². The van der Waals surface area contributed by atoms with Gasteiger partial charge in [-0.25, -0.2) is 15.0 Å². The number of hydrogen-bond acceptors (Lipinski definition) is 8. The van der Waals surface area contributed by atoms with Crippen LogP contribution in [0.3, 0.4) is 0 Å². The topological polar surface area (TPSA) is 140 Å². The zero-order chi connectivity index (χ0) is 41.2. The van der Waals surface area contributed by atoms with Crippen molar-refractivity contribution in [1.29, 1.82) is 0 Å². The number of imidazole rings is 1. The molecule has 0 spiro atoms. The van der Waals surface area contributed by atoms with E-state index in [0.29, 0.717) is 16.7 Å². The number of amides is 1. The maximum atomic E-state index is 13.2. The average molecular weight is 797 g/mol. The number of fused-ring (bicyclic) bond motifs is 1. The van der Waals surface area contributed by atoms with E-state index < -0.39 is 44.2 Å². The molecule has 0 bridgehead atoms. The van der Waals surface area contributed by atoms with Gasteiger partial charge in [-0.3, -0.25) is 19.5 Å². The van der Waals surface area contributed by atoms with Crippen LogP contribution in [0.25, 0.3) is 11.2 Å². The average Bonchev–Trinajstić information content (AvgIpc) is 3.77. The fourth-order valence-electron chi connectivity index (χ4n) is 7.57. The summed E-state index contributed by atoms with van der Waals surface area (Å²) in [5, 5.41) is 17.2. The van der Waals surface area contributed by atoms with Crippen molar-refractivity contribution in [3.05, 3.63) is 155 Å². The molecule has 1 aliphatic rings. The third kappa shape index (κ3) is 8.10. The summed E-state index contributed by atoms with van der Waals surface area (Å²) in [7, 11) is -2.53. The molecule has 0 unspecified atom stereocenters. The number of rotatable bonds is 13. The Morgan fingerprint density at radius 3 is 1.95 bits per heavy atom. The van der Waals surface area contributed by atoms with E-state index in [9.17, 15) is 14.7 Å². The molecule has 11 nitrogen and oxygen atoms in total. The van der Waals surface area contributed by atoms with Crippen LogP contribution in [0.1, 0.15) is 71.6 Å². The fraction of sp³-hybridized carbons (Fsp3) is 0.326. The lowest BCUT2D eigenvalue weighted by molar-refractivity contribution is -0.139. The molecule has 0 aliphatic carbocycles. The summed E-state index contributed by atoms with van der Waals surface area (Å²) in [6.45, 7) is 15.2. The summed E-state index contributed by atoms with van der Waals surface area (Å²) in [5.41, 5.74) is 5.84. The minimum atomic E-state index is -2.53. The summed E-state index contributed by atoms with van der Waals surface area (Å²) < 4.78 is 16.1. The molecule has 0 radical (unpaired) electrons. The van der Waals surface area contributed by atoms with Gasteiger partial charge in [0.1, 0.15) is 6.33 Å². The molecule has 4 aromatic carbocycles. The Hall–Kier alpha value is -5.53. The maximum absolute atomic E-state index is 13.2. The molecule has 2 aromatic heterocycles. The van der Waals surface area contributed by atoms with Gasteiger partial charge in [0.05, 0.1) is 30.5 Å². The van der Waals surface area contributed by atoms with Gasteiger partial charge in [0, 0.05) is 18.0 Å². The second-order valence-electron chi connectivity index (χ2n) is 16.8. The van der Waals surface area contributed by atoms with Gasteiger partial charge in [-0.2, -0.15) is 0 Å². The quantitative estimate of drug-likeness (QED) is 0.0774. The van der Waals surface area contributed by atoms with E-state index in [0.717, 1.165) is 27.8 Å². The maximum Gasteiger partial charge on any atom is 0.303 e. The summed E-state index contributed by atoms with van der Waals surface area (Å²) in [4.78, 5) is 39.7. The molecular formula is C46H52N6O5Si. The lowest BCUT2D eigenvalue weighted by atomic mass is 9.76. The zero-order valence-corrected chi connectivity index (χ0v) is 35.1. The molecule has 1 amide bonds. The van der Waals surface area contributed by atoms with Gasteiger partial charge < -0.3 is 19.6 Å². The minimum Gasteiger partial charge on any atom is -0.481 e. The first-order valence-electron chi connectivity index (χ1n) is 19.7. The van der Waals surface area contributed by atoms with Crippen LogP contribution in [0.15, 0.2) is 122 Å². The van der Waals surface area contributed by atoms with Crippen molar-refractivity contribution in [2.45, 2.75) is 83.1 Å². The number of hydrogen-bond donors (Lipinski definition) is 3. The number of nitrogens with zero attached hydrogens (tertiary/aromatic N) is 4. The van der Waals surface area contributed by atoms with Crippen molar-refractivity contribution >= 4 is 37.2 Å². The molecule has 6 aromatic rings. The van der Waals surface area contributed by atoms with Gasteiger partial charge in [-0.1, -0.05) is 129 Å². The number of carboxylic acid groups (broad SMARTS) is 1. The largest absolute Gasteiger partial charge is 0.481 e. The third-order valence-corrected chi connectivity index (χ3v) is 16.3. The van der Waals surface area contributed by atoms with Gasteiger partial charge in [0.2, 0.25) is 0 Å². The highest BCUT2D eigenvalue weighted by molar-refractivity contribution is 6.74. The van der Waals surface area contributed by atoms with Crippen molar-refractivity contribution in [2.24, 2.45) is 5.92 Å². The monoisotopic (exact) mass is 796 g/mol. The number of carboxylic acids is 1. The predicted molar refractivity (Wildman–Crippen MR) is 228 cm³/mol. The first kappa shape index (κ1) is 40.7. The second kappa shape index (κ2) is 16.4. The van der Waals surface area contributed by atoms with E-state index in [-0.39, 0.29) is 29.7 Å². The van der Waals surface area contributed by atoms with Gasteiger partial charge in [-0.05, 0) is 60.8 Å². The van der Waals surface area contributed by atoms with Crippen LogP contribution in [-0.2, 0) is 19.5 Å². The normalized spacial score (nSPS) is 18.7. The molecule has 12 heteroatoms. The Morgan fingerprint density at radius 1 is 0.810 bits per heavy atom. The molecule has 1 aliphatic heterocycles. The Kier molecular flexibility index (Phi) is 11.5. The SMILES string of the molecule is Cc1ccc(C(NC[C@H]2O[C@@H](n3cnc4c(NC(=O)c5ccccc5)ncnc43)[C@H](O[Si](C)(C)C(C)(C)C)[C@@H]2CC(=O)O)(c2ccccc2)c2ccc(C)cc2)cc1. The van der Waals surface area contributed by atoms with Crippen molar-refractivity contribution in [3.8, 4) is 0 Å². The highest BCUT2D eigenvalue weighted by Gasteiger charge is 2.52. The van der Waals surface area contributed by atoms with Crippen LogP contribution in [0, 0.1) is 19.8 Å². The fourth-order valence-corrected chi connectivity index (χ4v) is 8.89. The van der Waals surface area contributed by atoms with Crippen molar-refractivity contribution in [1.82, 2.24) is 24.8 Å². The molecule has 3 heterocycles. The molecule has 0 saturated carbocycles. The van der Waals surface area contributed by atoms with Crippen molar-refractivity contribution < 1.29 is 23.9 Å². The van der Waals surface area contributed by atoms with Crippen LogP contribution < -0.4 is 10.6 Å². The first-order valence-corrected chi connectivity index (χ1v) is 22.6. The summed E-state index contributed by atoms with van der Waals surface area (Å²) >= 11 is 0. The predicted octanol–water partition coefficient (Wildman–Crippen LogP) is 8.66. The summed E-state index contributed by atoms with van der Waals surface area (Å²) in [6.07, 6.45) is 0.716. The van der Waals surface area contributed by atoms with E-state index in [1.807, 2.05) is 24.3 Å². The standard InChI is InChI=1S/C46H52N6O5Si/c1-30-18-22-34(23-19-30)46(33-16-12-9-13-17-33,35-24-20-31(2)21-25-35)50-27-37-36(26-38(53)54)40(57-58(6,7)45(3,4)5)44(56-37)52-29-49-39-41(47-28-48-42(39)52)51-43(55)32-14-10-8-11-15-32/h8-25,28-29,36-37,40,44,50H,26-27H2,1-7H3,(H,53,54)(H,47,48,51,55)/t36-,37-,40-,44-/m1/s1. The van der Waals surface area contributed by atoms with Crippen LogP contribution in [-0.4, -0.2) is 63.6 Å². The molecule has 300 valence electrons. The van der Waals surface area contributed by atoms with E-state index in [1.165, 1.54) is 6.33 Å². The Morgan fingerprint density at radius 2 is 1.38 bits per heavy atom. The van der Waals surface area contributed by atoms with Crippen LogP contribution in [0.5, 0.6) is 0 Å². The number of aromatic nitrogens is 4. The molecule has 4 atom stereocenters. The van der Waals surface area contributed by atoms with E-state index in [1.54, 1.807) is 35.2 Å². The number of carbonyl (C=O) groups excluding carboxylic acids is 1. The Bertz CT molecular complexity index is 2320. The minimum absolute atomic E-state index is 0.185. The Labute approximate surface area is 341 Å². The zero-order valence-electron chi connectivity index (χ0n) is 34.1. The Balaban J connectivity index is 1.32. The lowest BCUT2D eigenvalue weighted by Gasteiger charge is -2.41. The number of benzene rings is 4. The van der Waals surface area contributed by atoms with Gasteiger partial charge >= 0.3 is 5.97 Å². The number of aliphatic carboxylic acids is 1. The van der Waals surface area contributed by atoms with E-state index in [4.69, 9.17) is 9.16 Å². The molecule has 1 saturated heterocycles. The second-order valence-corrected chi connectivity index (χ2v) is 21.5. The molecule has 58 heavy (non-hydrogen) atoms. The van der Waals surface area contributed by atoms with Crippen molar-refractivity contribution in [2.75, 3.05) is 11.9 Å². The number of ether oxygens (including phenoxy) is 1. The number of carbonyl (C=O) groups is 2. The smallest absolute Gasteiger partial charge is 0.303 e.